The molecule has 73 heavy (non-hydrogen) atoms. The van der Waals surface area contributed by atoms with E-state index in [1.165, 1.54) is 263 Å². The zero-order valence-electron chi connectivity index (χ0n) is 49.5. The zero-order valence-corrected chi connectivity index (χ0v) is 50.4. The van der Waals surface area contributed by atoms with E-state index in [0.29, 0.717) is 30.3 Å². The average Bonchev–Trinajstić information content (AvgIpc) is 3.35. The van der Waals surface area contributed by atoms with Gasteiger partial charge in [0.1, 0.15) is 19.3 Å². The molecule has 0 rings (SSSR count). The van der Waals surface area contributed by atoms with Crippen molar-refractivity contribution in [3.63, 3.8) is 0 Å². The van der Waals surface area contributed by atoms with Crippen molar-refractivity contribution in [1.29, 1.82) is 0 Å². The number of phosphoric acid groups is 1. The zero-order chi connectivity index (χ0) is 53.6. The molecule has 436 valence electrons. The minimum Gasteiger partial charge on any atom is -0.390 e. The summed E-state index contributed by atoms with van der Waals surface area (Å²) in [6.45, 7) is 4.62. The lowest BCUT2D eigenvalue weighted by molar-refractivity contribution is -0.870. The van der Waals surface area contributed by atoms with E-state index in [2.05, 4.69) is 31.3 Å². The van der Waals surface area contributed by atoms with E-state index >= 15 is 0 Å². The summed E-state index contributed by atoms with van der Waals surface area (Å²) in [5, 5.41) is 24.8. The summed E-state index contributed by atoms with van der Waals surface area (Å²) in [5.74, 6) is -0.261. The predicted molar refractivity (Wildman–Crippen MR) is 315 cm³/mol. The number of hydrogen-bond acceptors (Lipinski definition) is 6. The second-order valence-corrected chi connectivity index (χ2v) is 25.1. The van der Waals surface area contributed by atoms with Crippen LogP contribution >= 0.6 is 7.82 Å². The third kappa shape index (κ3) is 55.8. The molecule has 0 aliphatic heterocycles. The minimum absolute atomic E-state index is 0.0196. The van der Waals surface area contributed by atoms with Crippen LogP contribution in [0.5, 0.6) is 0 Å². The molecule has 4 atom stereocenters. The maximum absolute atomic E-state index is 13.0. The van der Waals surface area contributed by atoms with Crippen molar-refractivity contribution in [2.24, 2.45) is 0 Å². The molecular formula is C63H128N2O7P+. The first-order chi connectivity index (χ1) is 35.4. The van der Waals surface area contributed by atoms with Crippen LogP contribution in [0, 0.1) is 0 Å². The minimum atomic E-state index is -4.43. The molecule has 0 aromatic heterocycles. The topological polar surface area (TPSA) is 125 Å². The number of nitrogens with zero attached hydrogens (tertiary/aromatic N) is 1. The summed E-state index contributed by atoms with van der Waals surface area (Å²) in [6, 6.07) is -1.05. The van der Waals surface area contributed by atoms with Gasteiger partial charge in [0.15, 0.2) is 0 Å². The van der Waals surface area contributed by atoms with E-state index < -0.39 is 32.7 Å². The molecule has 0 spiro atoms. The lowest BCUT2D eigenvalue weighted by Crippen LogP contribution is -2.51. The summed E-state index contributed by atoms with van der Waals surface area (Å²) in [5.41, 5.74) is 0. The maximum atomic E-state index is 13.0. The van der Waals surface area contributed by atoms with Gasteiger partial charge in [-0.15, -0.1) is 0 Å². The molecule has 0 heterocycles. The molecule has 0 aromatic rings. The fourth-order valence-electron chi connectivity index (χ4n) is 10.0. The number of carbonyl (C=O) groups is 1. The number of hydrogen-bond donors (Lipinski definition) is 4. The van der Waals surface area contributed by atoms with Crippen molar-refractivity contribution in [3.05, 3.63) is 12.2 Å². The van der Waals surface area contributed by atoms with Crippen molar-refractivity contribution in [3.8, 4) is 0 Å². The van der Waals surface area contributed by atoms with E-state index in [1.54, 1.807) is 0 Å². The number of allylic oxidation sites excluding steroid dienone is 2. The number of phosphoric ester groups is 1. The number of rotatable bonds is 60. The molecule has 0 saturated carbocycles. The summed E-state index contributed by atoms with van der Waals surface area (Å²) in [6.07, 6.45) is 65.0. The number of carbonyl (C=O) groups excluding carboxylic acids is 1. The first-order valence-corrected chi connectivity index (χ1v) is 33.6. The highest BCUT2D eigenvalue weighted by Crippen LogP contribution is 2.43. The third-order valence-electron chi connectivity index (χ3n) is 15.1. The van der Waals surface area contributed by atoms with E-state index in [1.807, 2.05) is 21.1 Å². The van der Waals surface area contributed by atoms with Gasteiger partial charge >= 0.3 is 7.82 Å². The molecule has 1 amide bonds. The summed E-state index contributed by atoms with van der Waals surface area (Å²) in [4.78, 5) is 23.3. The molecule has 0 aliphatic rings. The highest BCUT2D eigenvalue weighted by atomic mass is 31.2. The van der Waals surface area contributed by atoms with Gasteiger partial charge in [-0.25, -0.2) is 4.57 Å². The number of quaternary nitrogens is 1. The van der Waals surface area contributed by atoms with Gasteiger partial charge < -0.3 is 24.9 Å². The van der Waals surface area contributed by atoms with Crippen molar-refractivity contribution in [1.82, 2.24) is 5.32 Å². The van der Waals surface area contributed by atoms with Gasteiger partial charge in [0, 0.05) is 6.42 Å². The Hall–Kier alpha value is -0.800. The molecule has 0 saturated heterocycles. The fraction of sp³-hybridized carbons (Fsp3) is 0.952. The molecule has 4 unspecified atom stereocenters. The molecule has 0 aliphatic carbocycles. The van der Waals surface area contributed by atoms with E-state index in [-0.39, 0.29) is 12.5 Å². The van der Waals surface area contributed by atoms with Crippen LogP contribution in [0.15, 0.2) is 12.2 Å². The van der Waals surface area contributed by atoms with E-state index in [4.69, 9.17) is 9.05 Å². The number of aliphatic hydroxyl groups excluding tert-OH is 2. The van der Waals surface area contributed by atoms with Crippen LogP contribution in [0.4, 0.5) is 0 Å². The van der Waals surface area contributed by atoms with Gasteiger partial charge in [-0.3, -0.25) is 13.8 Å². The van der Waals surface area contributed by atoms with Gasteiger partial charge in [0.2, 0.25) is 5.91 Å². The normalized spacial score (nSPS) is 14.2. The Labute approximate surface area is 455 Å². The van der Waals surface area contributed by atoms with Gasteiger partial charge in [0.05, 0.1) is 39.9 Å². The Morgan fingerprint density at radius 1 is 0.466 bits per heavy atom. The second-order valence-electron chi connectivity index (χ2n) is 23.6. The van der Waals surface area contributed by atoms with Crippen LogP contribution < -0.4 is 5.32 Å². The average molecular weight is 1060 g/mol. The third-order valence-corrected chi connectivity index (χ3v) is 16.1. The molecule has 0 radical (unpaired) electrons. The predicted octanol–water partition coefficient (Wildman–Crippen LogP) is 18.7. The first-order valence-electron chi connectivity index (χ1n) is 32.1. The molecule has 0 aromatic carbocycles. The number of amides is 1. The van der Waals surface area contributed by atoms with Crippen molar-refractivity contribution in [2.45, 2.75) is 347 Å². The van der Waals surface area contributed by atoms with Crippen molar-refractivity contribution < 1.29 is 38.0 Å². The Balaban J connectivity index is 3.92. The van der Waals surface area contributed by atoms with Crippen molar-refractivity contribution in [2.75, 3.05) is 40.9 Å². The van der Waals surface area contributed by atoms with Gasteiger partial charge in [0.25, 0.3) is 0 Å². The Morgan fingerprint density at radius 3 is 1.10 bits per heavy atom. The number of unbranched alkanes of at least 4 members (excludes halogenated alkanes) is 44. The quantitative estimate of drug-likeness (QED) is 0.0207. The number of nitrogens with one attached hydrogen (secondary N) is 1. The molecule has 0 fully saturated rings. The highest BCUT2D eigenvalue weighted by Gasteiger charge is 2.32. The standard InChI is InChI=1S/C63H127N2O7P/c1-6-8-10-12-14-16-18-20-21-22-23-24-25-26-27-28-29-30-31-32-33-34-35-36-37-38-39-40-41-42-43-44-46-48-50-52-54-56-62(67)64-60(59-72-73(69,70)71-58-57-65(3,4)5)63(68)61(66)55-53-51-49-47-45-19-17-15-13-11-9-7-2/h47,49,60-61,63,66,68H,6-46,48,50-59H2,1-5H3,(H-,64,67,69,70)/p+1/b49-47+. The lowest BCUT2D eigenvalue weighted by atomic mass is 10.0. The van der Waals surface area contributed by atoms with Crippen LogP contribution in [0.2, 0.25) is 0 Å². The Morgan fingerprint density at radius 2 is 0.767 bits per heavy atom. The van der Waals surface area contributed by atoms with Gasteiger partial charge in [-0.05, 0) is 38.5 Å². The van der Waals surface area contributed by atoms with Crippen molar-refractivity contribution >= 4 is 13.7 Å². The van der Waals surface area contributed by atoms with Crippen LogP contribution in [0.3, 0.4) is 0 Å². The van der Waals surface area contributed by atoms with Crippen LogP contribution in [0.25, 0.3) is 0 Å². The van der Waals surface area contributed by atoms with Gasteiger partial charge in [-0.2, -0.15) is 0 Å². The smallest absolute Gasteiger partial charge is 0.390 e. The lowest BCUT2D eigenvalue weighted by Gasteiger charge is -2.28. The van der Waals surface area contributed by atoms with E-state index in [9.17, 15) is 24.5 Å². The van der Waals surface area contributed by atoms with Crippen LogP contribution in [-0.4, -0.2) is 84.6 Å². The molecule has 10 heteroatoms. The molecule has 0 bridgehead atoms. The van der Waals surface area contributed by atoms with Crippen LogP contribution in [0.1, 0.15) is 328 Å². The first kappa shape index (κ1) is 72.2. The number of likely N-dealkylation sites (N-methyl/N-ethyl adjacent to an activating group) is 1. The van der Waals surface area contributed by atoms with Gasteiger partial charge in [-0.1, -0.05) is 296 Å². The Kier molecular flexibility index (Phi) is 54.0. The van der Waals surface area contributed by atoms with E-state index in [0.717, 1.165) is 32.1 Å². The summed E-state index contributed by atoms with van der Waals surface area (Å²) in [7, 11) is 1.43. The highest BCUT2D eigenvalue weighted by molar-refractivity contribution is 7.47. The molecule has 4 N–H and O–H groups in total. The summed E-state index contributed by atoms with van der Waals surface area (Å²) >= 11 is 0. The Bertz CT molecular complexity index is 1210. The second kappa shape index (κ2) is 54.6. The maximum Gasteiger partial charge on any atom is 0.472 e. The van der Waals surface area contributed by atoms with Crippen LogP contribution in [-0.2, 0) is 18.4 Å². The fourth-order valence-corrected chi connectivity index (χ4v) is 10.8. The summed E-state index contributed by atoms with van der Waals surface area (Å²) < 4.78 is 23.6. The SMILES string of the molecule is CCCCCCCCC/C=C/CCCC(O)C(O)C(COP(=O)(O)OCC[N+](C)(C)C)NC(=O)CCCCCCCCCCCCCCCCCCCCCCCCCCCCCCCCCCCCCCC. The molecule has 9 nitrogen and oxygen atoms in total. The molecular weight excluding hydrogens is 928 g/mol. The largest absolute Gasteiger partial charge is 0.472 e. The number of aliphatic hydroxyl groups is 2. The monoisotopic (exact) mass is 1060 g/mol.